The van der Waals surface area contributed by atoms with Crippen molar-refractivity contribution >= 4 is 17.5 Å². The summed E-state index contributed by atoms with van der Waals surface area (Å²) >= 11 is 1.34. The molecule has 0 aromatic heterocycles. The van der Waals surface area contributed by atoms with Gasteiger partial charge in [0.15, 0.2) is 10.9 Å². The van der Waals surface area contributed by atoms with Crippen molar-refractivity contribution < 1.29 is 14.3 Å². The molecule has 1 aromatic rings. The van der Waals surface area contributed by atoms with E-state index in [1.165, 1.54) is 17.8 Å². The van der Waals surface area contributed by atoms with E-state index in [0.29, 0.717) is 16.4 Å². The van der Waals surface area contributed by atoms with E-state index in [0.717, 1.165) is 0 Å². The molecule has 1 aromatic carbocycles. The number of methoxy groups -OCH3 is 1. The fourth-order valence-corrected chi connectivity index (χ4v) is 1.62. The minimum atomic E-state index is -0.126. The van der Waals surface area contributed by atoms with Crippen LogP contribution in [0.15, 0.2) is 35.4 Å². The van der Waals surface area contributed by atoms with Crippen molar-refractivity contribution in [2.75, 3.05) is 20.0 Å². The van der Waals surface area contributed by atoms with E-state index in [4.69, 9.17) is 15.9 Å². The number of rotatable bonds is 6. The van der Waals surface area contributed by atoms with Gasteiger partial charge in [0.1, 0.15) is 12.4 Å². The molecule has 0 N–H and O–H groups in total. The van der Waals surface area contributed by atoms with Gasteiger partial charge in [-0.15, -0.1) is 6.42 Å². The van der Waals surface area contributed by atoms with E-state index in [-0.39, 0.29) is 12.4 Å². The maximum atomic E-state index is 11.9. The van der Waals surface area contributed by atoms with Crippen LogP contribution in [-0.4, -0.2) is 25.8 Å². The largest absolute Gasteiger partial charge is 0.497 e. The number of carbonyl (C=O) groups is 1. The SMILES string of the molecule is C#CCO/C(=C/C(=O)c1ccc(OC)cc1)SC. The number of hydrogen-bond donors (Lipinski definition) is 0. The Hall–Kier alpha value is -1.86. The summed E-state index contributed by atoms with van der Waals surface area (Å²) in [6, 6.07) is 6.89. The first-order valence-corrected chi connectivity index (χ1v) is 6.44. The molecule has 0 fully saturated rings. The van der Waals surface area contributed by atoms with Crippen molar-refractivity contribution in [3.8, 4) is 18.1 Å². The third-order valence-corrected chi connectivity index (χ3v) is 2.76. The fourth-order valence-electron chi connectivity index (χ4n) is 1.22. The molecule has 0 amide bonds. The summed E-state index contributed by atoms with van der Waals surface area (Å²) in [6.45, 7) is 0.155. The summed E-state index contributed by atoms with van der Waals surface area (Å²) in [5.41, 5.74) is 0.576. The van der Waals surface area contributed by atoms with E-state index in [2.05, 4.69) is 5.92 Å². The van der Waals surface area contributed by atoms with Crippen molar-refractivity contribution in [2.24, 2.45) is 0 Å². The highest BCUT2D eigenvalue weighted by Gasteiger charge is 2.05. The minimum absolute atomic E-state index is 0.126. The van der Waals surface area contributed by atoms with Gasteiger partial charge in [-0.2, -0.15) is 0 Å². The molecule has 0 saturated heterocycles. The molecule has 0 aliphatic carbocycles. The Kier molecular flexibility index (Phi) is 5.89. The van der Waals surface area contributed by atoms with Crippen LogP contribution in [0.5, 0.6) is 5.75 Å². The molecule has 0 aliphatic rings. The Labute approximate surface area is 111 Å². The predicted octanol–water partition coefficient (Wildman–Crippen LogP) is 2.73. The standard InChI is InChI=1S/C14H14O3S/c1-4-9-17-14(18-3)10-13(15)11-5-7-12(16-2)8-6-11/h1,5-8,10H,9H2,2-3H3/b14-10-. The summed E-state index contributed by atoms with van der Waals surface area (Å²) in [6.07, 6.45) is 8.35. The Bertz CT molecular complexity index is 469. The molecular weight excluding hydrogens is 248 g/mol. The zero-order chi connectivity index (χ0) is 13.4. The average Bonchev–Trinajstić information content (AvgIpc) is 2.43. The van der Waals surface area contributed by atoms with Crippen molar-refractivity contribution in [3.63, 3.8) is 0 Å². The number of terminal acetylenes is 1. The Morgan fingerprint density at radius 3 is 2.61 bits per heavy atom. The minimum Gasteiger partial charge on any atom is -0.497 e. The predicted molar refractivity (Wildman–Crippen MR) is 73.7 cm³/mol. The van der Waals surface area contributed by atoms with E-state index < -0.39 is 0 Å². The van der Waals surface area contributed by atoms with Gasteiger partial charge >= 0.3 is 0 Å². The maximum Gasteiger partial charge on any atom is 0.190 e. The zero-order valence-electron chi connectivity index (χ0n) is 10.3. The van der Waals surface area contributed by atoms with Crippen molar-refractivity contribution in [1.29, 1.82) is 0 Å². The van der Waals surface area contributed by atoms with E-state index in [1.54, 1.807) is 31.4 Å². The number of carbonyl (C=O) groups excluding carboxylic acids is 1. The van der Waals surface area contributed by atoms with Crippen LogP contribution in [0.25, 0.3) is 0 Å². The average molecular weight is 262 g/mol. The molecule has 0 spiro atoms. The molecule has 0 heterocycles. The highest BCUT2D eigenvalue weighted by molar-refractivity contribution is 8.02. The number of benzene rings is 1. The Morgan fingerprint density at radius 1 is 1.44 bits per heavy atom. The van der Waals surface area contributed by atoms with E-state index in [9.17, 15) is 4.79 Å². The van der Waals surface area contributed by atoms with E-state index in [1.807, 2.05) is 6.26 Å². The lowest BCUT2D eigenvalue weighted by atomic mass is 10.1. The summed E-state index contributed by atoms with van der Waals surface area (Å²) in [5.74, 6) is 2.94. The highest BCUT2D eigenvalue weighted by Crippen LogP contribution is 2.16. The second-order valence-corrected chi connectivity index (χ2v) is 4.06. The summed E-state index contributed by atoms with van der Waals surface area (Å²) in [4.78, 5) is 11.9. The molecule has 0 aliphatic heterocycles. The highest BCUT2D eigenvalue weighted by atomic mass is 32.2. The van der Waals surface area contributed by atoms with Crippen LogP contribution in [0.4, 0.5) is 0 Å². The second-order valence-electron chi connectivity index (χ2n) is 3.25. The van der Waals surface area contributed by atoms with Gasteiger partial charge in [-0.25, -0.2) is 0 Å². The Balaban J connectivity index is 2.79. The number of allylic oxidation sites excluding steroid dienone is 1. The van der Waals surface area contributed by atoms with Gasteiger partial charge in [-0.3, -0.25) is 4.79 Å². The number of ether oxygens (including phenoxy) is 2. The maximum absolute atomic E-state index is 11.9. The normalized spacial score (nSPS) is 10.6. The van der Waals surface area contributed by atoms with Crippen LogP contribution in [0, 0.1) is 12.3 Å². The number of ketones is 1. The van der Waals surface area contributed by atoms with Gasteiger partial charge < -0.3 is 9.47 Å². The smallest absolute Gasteiger partial charge is 0.190 e. The molecule has 4 heteroatoms. The molecule has 0 bridgehead atoms. The fraction of sp³-hybridized carbons (Fsp3) is 0.214. The number of thioether (sulfide) groups is 1. The van der Waals surface area contributed by atoms with Gasteiger partial charge in [0, 0.05) is 11.6 Å². The summed E-state index contributed by atoms with van der Waals surface area (Å²) < 4.78 is 10.2. The van der Waals surface area contributed by atoms with Gasteiger partial charge in [-0.05, 0) is 30.5 Å². The molecule has 0 unspecified atom stereocenters. The first kappa shape index (κ1) is 14.2. The van der Waals surface area contributed by atoms with E-state index >= 15 is 0 Å². The van der Waals surface area contributed by atoms with Crippen LogP contribution >= 0.6 is 11.8 Å². The third kappa shape index (κ3) is 4.19. The molecule has 1 rings (SSSR count). The zero-order valence-corrected chi connectivity index (χ0v) is 11.1. The first-order chi connectivity index (χ1) is 8.71. The van der Waals surface area contributed by atoms with Crippen LogP contribution in [0.3, 0.4) is 0 Å². The van der Waals surface area contributed by atoms with Crippen LogP contribution in [0.2, 0.25) is 0 Å². The summed E-state index contributed by atoms with van der Waals surface area (Å²) in [7, 11) is 1.58. The molecule has 0 saturated carbocycles. The second kappa shape index (κ2) is 7.46. The van der Waals surface area contributed by atoms with Gasteiger partial charge in [0.25, 0.3) is 0 Å². The Morgan fingerprint density at radius 2 is 2.11 bits per heavy atom. The van der Waals surface area contributed by atoms with Crippen LogP contribution in [-0.2, 0) is 4.74 Å². The topological polar surface area (TPSA) is 35.5 Å². The first-order valence-electron chi connectivity index (χ1n) is 5.21. The monoisotopic (exact) mass is 262 g/mol. The van der Waals surface area contributed by atoms with Gasteiger partial charge in [-0.1, -0.05) is 17.7 Å². The molecule has 94 valence electrons. The number of hydrogen-bond acceptors (Lipinski definition) is 4. The lowest BCUT2D eigenvalue weighted by Gasteiger charge is -2.04. The molecule has 3 nitrogen and oxygen atoms in total. The summed E-state index contributed by atoms with van der Waals surface area (Å²) in [5, 5.41) is 0.508. The lowest BCUT2D eigenvalue weighted by Crippen LogP contribution is -1.98. The quantitative estimate of drug-likeness (QED) is 0.342. The molecular formula is C14H14O3S. The van der Waals surface area contributed by atoms with Crippen molar-refractivity contribution in [1.82, 2.24) is 0 Å². The van der Waals surface area contributed by atoms with Crippen molar-refractivity contribution in [3.05, 3.63) is 41.0 Å². The van der Waals surface area contributed by atoms with Crippen LogP contribution in [0.1, 0.15) is 10.4 Å². The van der Waals surface area contributed by atoms with Gasteiger partial charge in [0.05, 0.1) is 7.11 Å². The lowest BCUT2D eigenvalue weighted by molar-refractivity contribution is 0.104. The molecule has 18 heavy (non-hydrogen) atoms. The molecule has 0 atom stereocenters. The molecule has 0 radical (unpaired) electrons. The van der Waals surface area contributed by atoms with Gasteiger partial charge in [0.2, 0.25) is 0 Å². The van der Waals surface area contributed by atoms with Crippen LogP contribution < -0.4 is 4.74 Å². The van der Waals surface area contributed by atoms with Crippen molar-refractivity contribution in [2.45, 2.75) is 0 Å². The third-order valence-electron chi connectivity index (χ3n) is 2.12.